The Hall–Kier alpha value is -1.21. The molecule has 21 heavy (non-hydrogen) atoms. The zero-order valence-corrected chi connectivity index (χ0v) is 13.2. The van der Waals surface area contributed by atoms with Crippen LogP contribution in [-0.4, -0.2) is 31.7 Å². The first-order valence-electron chi connectivity index (χ1n) is 6.92. The van der Waals surface area contributed by atoms with E-state index in [9.17, 15) is 4.79 Å². The number of aldehydes is 1. The van der Waals surface area contributed by atoms with Crippen molar-refractivity contribution in [1.29, 1.82) is 0 Å². The Kier molecular flexibility index (Phi) is 4.01. The fourth-order valence-electron chi connectivity index (χ4n) is 2.22. The molecule has 6 heteroatoms. The molecule has 1 aromatic carbocycles. The largest absolute Gasteiger partial charge is 0.513 e. The molecule has 2 N–H and O–H groups in total. The van der Waals surface area contributed by atoms with E-state index in [1.165, 1.54) is 7.11 Å². The first-order valence-corrected chi connectivity index (χ1v) is 6.92. The highest BCUT2D eigenvalue weighted by atomic mass is 16.7. The average molecular weight is 291 g/mol. The summed E-state index contributed by atoms with van der Waals surface area (Å²) in [6.07, 6.45) is 0.768. The summed E-state index contributed by atoms with van der Waals surface area (Å²) in [7, 11) is 0.730. The summed E-state index contributed by atoms with van der Waals surface area (Å²) in [6, 6.07) is 6.94. The summed E-state index contributed by atoms with van der Waals surface area (Å²) < 4.78 is 17.5. The van der Waals surface area contributed by atoms with Crippen LogP contribution in [0.2, 0.25) is 0 Å². The SMILES string of the molecule is CO[C@](N)(B1OC(C)(C)C(C)(C)O1)c1cccc(C=O)c1. The van der Waals surface area contributed by atoms with Gasteiger partial charge in [0, 0.05) is 12.7 Å². The van der Waals surface area contributed by atoms with Crippen LogP contribution in [0.1, 0.15) is 43.6 Å². The molecule has 0 amide bonds. The predicted molar refractivity (Wildman–Crippen MR) is 80.8 cm³/mol. The monoisotopic (exact) mass is 291 g/mol. The molecule has 1 atom stereocenters. The van der Waals surface area contributed by atoms with Crippen LogP contribution >= 0.6 is 0 Å². The van der Waals surface area contributed by atoms with E-state index in [1.807, 2.05) is 27.7 Å². The van der Waals surface area contributed by atoms with Crippen molar-refractivity contribution in [3.05, 3.63) is 35.4 Å². The zero-order valence-electron chi connectivity index (χ0n) is 13.2. The maximum absolute atomic E-state index is 11.0. The van der Waals surface area contributed by atoms with Gasteiger partial charge in [0.15, 0.2) is 5.62 Å². The molecule has 2 rings (SSSR count). The van der Waals surface area contributed by atoms with Crippen molar-refractivity contribution in [3.8, 4) is 0 Å². The second-order valence-electron chi connectivity index (χ2n) is 6.33. The number of hydrogen-bond acceptors (Lipinski definition) is 5. The lowest BCUT2D eigenvalue weighted by molar-refractivity contribution is 0.00578. The summed E-state index contributed by atoms with van der Waals surface area (Å²) in [6.45, 7) is 7.80. The normalized spacial score (nSPS) is 22.9. The molecular formula is C15H22BNO4. The Morgan fingerprint density at radius 1 is 1.24 bits per heavy atom. The third-order valence-corrected chi connectivity index (χ3v) is 4.42. The van der Waals surface area contributed by atoms with Gasteiger partial charge in [0.25, 0.3) is 0 Å². The van der Waals surface area contributed by atoms with Gasteiger partial charge in [-0.2, -0.15) is 0 Å². The molecular weight excluding hydrogens is 269 g/mol. The van der Waals surface area contributed by atoms with Gasteiger partial charge in [-0.15, -0.1) is 0 Å². The lowest BCUT2D eigenvalue weighted by Gasteiger charge is -2.32. The maximum Gasteiger partial charge on any atom is 0.513 e. The number of ether oxygens (including phenoxy) is 1. The summed E-state index contributed by atoms with van der Waals surface area (Å²) in [4.78, 5) is 11.0. The van der Waals surface area contributed by atoms with Gasteiger partial charge in [-0.25, -0.2) is 0 Å². The van der Waals surface area contributed by atoms with Crippen molar-refractivity contribution < 1.29 is 18.8 Å². The van der Waals surface area contributed by atoms with Gasteiger partial charge in [-0.3, -0.25) is 4.79 Å². The minimum Gasteiger partial charge on any atom is -0.400 e. The lowest BCUT2D eigenvalue weighted by Crippen LogP contribution is -2.54. The van der Waals surface area contributed by atoms with E-state index >= 15 is 0 Å². The van der Waals surface area contributed by atoms with Crippen LogP contribution in [0, 0.1) is 0 Å². The molecule has 0 saturated carbocycles. The van der Waals surface area contributed by atoms with Crippen LogP contribution in [0.15, 0.2) is 24.3 Å². The van der Waals surface area contributed by atoms with Crippen molar-refractivity contribution in [2.45, 2.75) is 44.5 Å². The van der Waals surface area contributed by atoms with Crippen LogP contribution in [0.3, 0.4) is 0 Å². The number of rotatable bonds is 4. The molecule has 0 aromatic heterocycles. The molecule has 0 aliphatic carbocycles. The number of methoxy groups -OCH3 is 1. The van der Waals surface area contributed by atoms with E-state index in [1.54, 1.807) is 24.3 Å². The summed E-state index contributed by atoms with van der Waals surface area (Å²) in [5.41, 5.74) is 5.25. The van der Waals surface area contributed by atoms with Gasteiger partial charge >= 0.3 is 7.12 Å². The molecule has 1 saturated heterocycles. The van der Waals surface area contributed by atoms with E-state index < -0.39 is 23.9 Å². The van der Waals surface area contributed by atoms with Gasteiger partial charge in [0.05, 0.1) is 11.2 Å². The third kappa shape index (κ3) is 2.64. The van der Waals surface area contributed by atoms with E-state index in [-0.39, 0.29) is 0 Å². The van der Waals surface area contributed by atoms with Crippen LogP contribution in [0.25, 0.3) is 0 Å². The van der Waals surface area contributed by atoms with Crippen molar-refractivity contribution in [2.24, 2.45) is 5.73 Å². The molecule has 0 spiro atoms. The smallest absolute Gasteiger partial charge is 0.400 e. The Balaban J connectivity index is 2.40. The first kappa shape index (κ1) is 16.2. The molecule has 1 aliphatic rings. The number of hydrogen-bond donors (Lipinski definition) is 1. The third-order valence-electron chi connectivity index (χ3n) is 4.42. The molecule has 1 aromatic rings. The predicted octanol–water partition coefficient (Wildman–Crippen LogP) is 1.89. The van der Waals surface area contributed by atoms with Gasteiger partial charge in [0.1, 0.15) is 6.29 Å². The molecule has 1 aliphatic heterocycles. The summed E-state index contributed by atoms with van der Waals surface area (Å²) in [5.74, 6) is 0. The molecule has 5 nitrogen and oxygen atoms in total. The van der Waals surface area contributed by atoms with E-state index in [2.05, 4.69) is 0 Å². The molecule has 114 valence electrons. The average Bonchev–Trinajstić information content (AvgIpc) is 2.67. The Morgan fingerprint density at radius 2 is 1.81 bits per heavy atom. The van der Waals surface area contributed by atoms with Crippen LogP contribution in [-0.2, 0) is 19.7 Å². The minimum absolute atomic E-state index is 0.511. The highest BCUT2D eigenvalue weighted by Crippen LogP contribution is 2.41. The molecule has 0 bridgehead atoms. The molecule has 1 fully saturated rings. The second kappa shape index (κ2) is 5.21. The van der Waals surface area contributed by atoms with Gasteiger partial charge in [0.2, 0.25) is 0 Å². The van der Waals surface area contributed by atoms with Crippen molar-refractivity contribution >= 4 is 13.4 Å². The van der Waals surface area contributed by atoms with Crippen molar-refractivity contribution in [1.82, 2.24) is 0 Å². The van der Waals surface area contributed by atoms with Gasteiger partial charge in [-0.05, 0) is 39.3 Å². The van der Waals surface area contributed by atoms with E-state index in [0.717, 1.165) is 6.29 Å². The van der Waals surface area contributed by atoms with Crippen LogP contribution in [0.4, 0.5) is 0 Å². The van der Waals surface area contributed by atoms with Crippen molar-refractivity contribution in [3.63, 3.8) is 0 Å². The first-order chi connectivity index (χ1) is 9.66. The fraction of sp³-hybridized carbons (Fsp3) is 0.533. The van der Waals surface area contributed by atoms with Crippen molar-refractivity contribution in [2.75, 3.05) is 7.11 Å². The van der Waals surface area contributed by atoms with Crippen LogP contribution < -0.4 is 5.73 Å². The van der Waals surface area contributed by atoms with E-state index in [0.29, 0.717) is 11.1 Å². The number of nitrogens with two attached hydrogens (primary N) is 1. The van der Waals surface area contributed by atoms with Gasteiger partial charge < -0.3 is 19.8 Å². The van der Waals surface area contributed by atoms with Gasteiger partial charge in [-0.1, -0.05) is 18.2 Å². The molecule has 0 unspecified atom stereocenters. The second-order valence-corrected chi connectivity index (χ2v) is 6.33. The maximum atomic E-state index is 11.0. The Morgan fingerprint density at radius 3 is 2.29 bits per heavy atom. The molecule has 0 radical (unpaired) electrons. The minimum atomic E-state index is -1.29. The highest BCUT2D eigenvalue weighted by Gasteiger charge is 2.59. The summed E-state index contributed by atoms with van der Waals surface area (Å²) in [5, 5.41) is 0. The summed E-state index contributed by atoms with van der Waals surface area (Å²) >= 11 is 0. The zero-order chi connectivity index (χ0) is 15.9. The fourth-order valence-corrected chi connectivity index (χ4v) is 2.22. The van der Waals surface area contributed by atoms with E-state index in [4.69, 9.17) is 19.8 Å². The number of benzene rings is 1. The lowest BCUT2D eigenvalue weighted by atomic mass is 9.70. The topological polar surface area (TPSA) is 70.8 Å². The number of carbonyl (C=O) groups is 1. The number of carbonyl (C=O) groups excluding carboxylic acids is 1. The highest BCUT2D eigenvalue weighted by molar-refractivity contribution is 6.49. The van der Waals surface area contributed by atoms with Crippen LogP contribution in [0.5, 0.6) is 0 Å². The standard InChI is InChI=1S/C15H22BNO4/c1-13(2)14(3,4)21-16(20-13)15(17,19-5)12-8-6-7-11(9-12)10-18/h6-10H,17H2,1-5H3/t15-/m0/s1. The Labute approximate surface area is 125 Å². The Bertz CT molecular complexity index is 530. The molecule has 1 heterocycles. The quantitative estimate of drug-likeness (QED) is 0.521.